The molecule has 0 saturated heterocycles. The van der Waals surface area contributed by atoms with E-state index in [1.165, 1.54) is 0 Å². The molecule has 1 aromatic rings. The van der Waals surface area contributed by atoms with Crippen LogP contribution in [0.1, 0.15) is 38.3 Å². The molecule has 0 aliphatic heterocycles. The number of pyridine rings is 1. The van der Waals surface area contributed by atoms with Gasteiger partial charge < -0.3 is 13.9 Å². The van der Waals surface area contributed by atoms with Gasteiger partial charge in [0.25, 0.3) is 0 Å². The smallest absolute Gasteiger partial charge is 0.171 e. The second-order valence-electron chi connectivity index (χ2n) is 6.29. The first-order valence-electron chi connectivity index (χ1n) is 7.19. The molecule has 0 aliphatic carbocycles. The molecule has 0 bridgehead atoms. The molecule has 0 saturated carbocycles. The van der Waals surface area contributed by atoms with Gasteiger partial charge in [-0.1, -0.05) is 20.8 Å². The average Bonchev–Trinajstić information content (AvgIpc) is 2.40. The van der Waals surface area contributed by atoms with Crippen molar-refractivity contribution in [2.24, 2.45) is 5.41 Å². The van der Waals surface area contributed by atoms with E-state index < -0.39 is 9.04 Å². The van der Waals surface area contributed by atoms with E-state index in [1.807, 2.05) is 12.1 Å². The summed E-state index contributed by atoms with van der Waals surface area (Å²) >= 11 is 0. The fourth-order valence-corrected chi connectivity index (χ4v) is 3.13. The molecule has 1 rings (SSSR count). The molecular weight excluding hydrogens is 282 g/mol. The molecule has 0 aromatic carbocycles. The van der Waals surface area contributed by atoms with Crippen LogP contribution < -0.4 is 4.74 Å². The van der Waals surface area contributed by atoms with Gasteiger partial charge in [0.05, 0.1) is 32.3 Å². The van der Waals surface area contributed by atoms with E-state index in [1.54, 1.807) is 26.6 Å². The predicted octanol–water partition coefficient (Wildman–Crippen LogP) is 3.79. The van der Waals surface area contributed by atoms with Gasteiger partial charge in [0.2, 0.25) is 0 Å². The molecule has 118 valence electrons. The van der Waals surface area contributed by atoms with E-state index in [9.17, 15) is 0 Å². The molecule has 5 heteroatoms. The number of hydrogen-bond donors (Lipinski definition) is 0. The van der Waals surface area contributed by atoms with E-state index in [2.05, 4.69) is 33.9 Å². The Morgan fingerprint density at radius 2 is 1.86 bits per heavy atom. The van der Waals surface area contributed by atoms with Crippen molar-refractivity contribution in [2.75, 3.05) is 14.2 Å². The minimum absolute atomic E-state index is 0.0128. The van der Waals surface area contributed by atoms with Crippen LogP contribution in [0.5, 0.6) is 5.75 Å². The fraction of sp³-hybridized carbons (Fsp3) is 0.562. The third kappa shape index (κ3) is 5.17. The van der Waals surface area contributed by atoms with Crippen LogP contribution >= 0.6 is 0 Å². The summed E-state index contributed by atoms with van der Waals surface area (Å²) in [6, 6.07) is 3.91. The summed E-state index contributed by atoms with van der Waals surface area (Å²) in [5.74, 6) is 0.724. The molecule has 1 heterocycles. The van der Waals surface area contributed by atoms with Crippen LogP contribution in [-0.2, 0) is 9.16 Å². The van der Waals surface area contributed by atoms with E-state index in [-0.39, 0.29) is 11.5 Å². The summed E-state index contributed by atoms with van der Waals surface area (Å²) in [5, 5.41) is 0. The Bertz CT molecular complexity index is 481. The van der Waals surface area contributed by atoms with Gasteiger partial charge in [0.15, 0.2) is 9.04 Å². The highest BCUT2D eigenvalue weighted by Gasteiger charge is 2.29. The Morgan fingerprint density at radius 1 is 1.19 bits per heavy atom. The lowest BCUT2D eigenvalue weighted by Crippen LogP contribution is -2.26. The zero-order chi connectivity index (χ0) is 16.0. The van der Waals surface area contributed by atoms with Crippen LogP contribution in [0.15, 0.2) is 18.4 Å². The molecule has 0 aliphatic rings. The zero-order valence-electron chi connectivity index (χ0n) is 14.1. The number of aromatic nitrogens is 1. The van der Waals surface area contributed by atoms with Crippen molar-refractivity contribution in [3.05, 3.63) is 29.8 Å². The molecule has 21 heavy (non-hydrogen) atoms. The summed E-state index contributed by atoms with van der Waals surface area (Å²) in [6.07, 6.45) is 3.37. The highest BCUT2D eigenvalue weighted by Crippen LogP contribution is 2.36. The summed E-state index contributed by atoms with van der Waals surface area (Å²) in [4.78, 5) is 4.71. The van der Waals surface area contributed by atoms with Crippen LogP contribution in [-0.4, -0.2) is 28.2 Å². The molecule has 0 N–H and O–H groups in total. The molecule has 0 radical (unpaired) electrons. The van der Waals surface area contributed by atoms with Gasteiger partial charge >= 0.3 is 0 Å². The third-order valence-corrected chi connectivity index (χ3v) is 3.77. The normalized spacial score (nSPS) is 13.7. The Labute approximate surface area is 129 Å². The molecule has 0 amide bonds. The number of rotatable bonds is 6. The molecule has 4 nitrogen and oxygen atoms in total. The summed E-state index contributed by atoms with van der Waals surface area (Å²) in [5.41, 5.74) is 1.67. The van der Waals surface area contributed by atoms with Crippen molar-refractivity contribution < 1.29 is 13.9 Å². The van der Waals surface area contributed by atoms with Crippen LogP contribution in [0.2, 0.25) is 13.1 Å². The third-order valence-electron chi connectivity index (χ3n) is 2.95. The maximum absolute atomic E-state index is 6.21. The molecule has 1 aromatic heterocycles. The van der Waals surface area contributed by atoms with Gasteiger partial charge in [-0.3, -0.25) is 0 Å². The predicted molar refractivity (Wildman–Crippen MR) is 89.0 cm³/mol. The van der Waals surface area contributed by atoms with Crippen molar-refractivity contribution >= 4 is 15.1 Å². The first-order chi connectivity index (χ1) is 9.79. The Hall–Kier alpha value is -1.33. The quantitative estimate of drug-likeness (QED) is 0.592. The summed E-state index contributed by atoms with van der Waals surface area (Å²) in [6.45, 7) is 10.9. The number of nitrogens with zero attached hydrogens (tertiary/aromatic N) is 1. The lowest BCUT2D eigenvalue weighted by Gasteiger charge is -2.32. The Balaban J connectivity index is 3.23. The van der Waals surface area contributed by atoms with Crippen LogP contribution in [0, 0.1) is 5.41 Å². The monoisotopic (exact) mass is 309 g/mol. The molecule has 1 unspecified atom stereocenters. The molecule has 1 atom stereocenters. The second-order valence-corrected chi connectivity index (χ2v) is 8.66. The van der Waals surface area contributed by atoms with Gasteiger partial charge in [-0.15, -0.1) is 0 Å². The largest absolute Gasteiger partial charge is 0.504 e. The van der Waals surface area contributed by atoms with Gasteiger partial charge in [0, 0.05) is 6.08 Å². The number of ether oxygens (including phenoxy) is 2. The average molecular weight is 309 g/mol. The second kappa shape index (κ2) is 7.61. The molecule has 0 fully saturated rings. The van der Waals surface area contributed by atoms with E-state index in [4.69, 9.17) is 18.9 Å². The van der Waals surface area contributed by atoms with Crippen molar-refractivity contribution in [2.45, 2.75) is 40.0 Å². The molecule has 0 spiro atoms. The number of hydrogen-bond acceptors (Lipinski definition) is 4. The van der Waals surface area contributed by atoms with Crippen molar-refractivity contribution in [3.8, 4) is 5.75 Å². The Morgan fingerprint density at radius 3 is 2.33 bits per heavy atom. The summed E-state index contributed by atoms with van der Waals surface area (Å²) < 4.78 is 16.5. The maximum atomic E-state index is 6.21. The van der Waals surface area contributed by atoms with E-state index in [0.29, 0.717) is 0 Å². The minimum atomic E-state index is -1.17. The SMILES string of the molecule is CO/C=C/c1nc(C(O[SiH](C)C)C(C)(C)C)ccc1OC. The van der Waals surface area contributed by atoms with Gasteiger partial charge in [-0.25, -0.2) is 4.98 Å². The fourth-order valence-electron chi connectivity index (χ4n) is 2.04. The van der Waals surface area contributed by atoms with Crippen molar-refractivity contribution in [1.82, 2.24) is 4.98 Å². The highest BCUT2D eigenvalue weighted by atomic mass is 28.3. The van der Waals surface area contributed by atoms with E-state index >= 15 is 0 Å². The minimum Gasteiger partial charge on any atom is -0.504 e. The zero-order valence-corrected chi connectivity index (χ0v) is 15.3. The number of methoxy groups -OCH3 is 2. The van der Waals surface area contributed by atoms with Gasteiger partial charge in [-0.05, 0) is 30.6 Å². The summed E-state index contributed by atoms with van der Waals surface area (Å²) in [7, 11) is 2.08. The van der Waals surface area contributed by atoms with Crippen LogP contribution in [0.4, 0.5) is 0 Å². The van der Waals surface area contributed by atoms with Gasteiger partial charge in [-0.2, -0.15) is 0 Å². The van der Waals surface area contributed by atoms with Crippen LogP contribution in [0.3, 0.4) is 0 Å². The first-order valence-corrected chi connectivity index (χ1v) is 9.97. The topological polar surface area (TPSA) is 40.6 Å². The lowest BCUT2D eigenvalue weighted by atomic mass is 9.87. The maximum Gasteiger partial charge on any atom is 0.171 e. The highest BCUT2D eigenvalue weighted by molar-refractivity contribution is 6.48. The standard InChI is InChI=1S/C16H27NO3Si/c1-16(2,3)15(20-21(6)7)13-8-9-14(19-5)12(17-13)10-11-18-4/h8-11,15,21H,1-7H3/b11-10+. The van der Waals surface area contributed by atoms with Crippen molar-refractivity contribution in [1.29, 1.82) is 0 Å². The van der Waals surface area contributed by atoms with Crippen molar-refractivity contribution in [3.63, 3.8) is 0 Å². The van der Waals surface area contributed by atoms with E-state index in [0.717, 1.165) is 17.1 Å². The first kappa shape index (κ1) is 17.7. The Kier molecular flexibility index (Phi) is 6.42. The lowest BCUT2D eigenvalue weighted by molar-refractivity contribution is 0.0826. The van der Waals surface area contributed by atoms with Gasteiger partial charge in [0.1, 0.15) is 11.4 Å². The van der Waals surface area contributed by atoms with Crippen LogP contribution in [0.25, 0.3) is 6.08 Å². The molecular formula is C16H27NO3Si.